The number of benzene rings is 2. The van der Waals surface area contributed by atoms with Crippen LogP contribution in [0.3, 0.4) is 0 Å². The Labute approximate surface area is 152 Å². The number of rotatable bonds is 6. The third-order valence-corrected chi connectivity index (χ3v) is 4.33. The number of aromatic nitrogens is 3. The molecule has 0 atom stereocenters. The van der Waals surface area contributed by atoms with Crippen LogP contribution >= 0.6 is 0 Å². The molecule has 0 bridgehead atoms. The van der Waals surface area contributed by atoms with Gasteiger partial charge in [0.05, 0.1) is 6.20 Å². The fourth-order valence-electron chi connectivity index (χ4n) is 2.95. The molecular weight excluding hydrogens is 326 g/mol. The summed E-state index contributed by atoms with van der Waals surface area (Å²) in [5.41, 5.74) is 2.05. The maximum atomic E-state index is 5.81. The van der Waals surface area contributed by atoms with Gasteiger partial charge in [-0.1, -0.05) is 30.3 Å². The Morgan fingerprint density at radius 3 is 2.50 bits per heavy atom. The second kappa shape index (κ2) is 7.82. The van der Waals surface area contributed by atoms with Crippen molar-refractivity contribution >= 4 is 17.5 Å². The highest BCUT2D eigenvalue weighted by atomic mass is 16.5. The van der Waals surface area contributed by atoms with Gasteiger partial charge in [0.25, 0.3) is 0 Å². The van der Waals surface area contributed by atoms with Crippen LogP contribution in [0.5, 0.6) is 5.75 Å². The molecule has 1 N–H and O–H groups in total. The van der Waals surface area contributed by atoms with E-state index in [0.717, 1.165) is 35.9 Å². The van der Waals surface area contributed by atoms with E-state index in [4.69, 9.17) is 4.74 Å². The lowest BCUT2D eigenvalue weighted by Crippen LogP contribution is -2.19. The molecule has 1 aliphatic heterocycles. The standard InChI is InChI=1S/C20H21N5O/c1-2-6-16(7-3-1)15-26-18-10-8-17(9-11-18)22-20-23-19(14-21-24-20)25-12-4-5-13-25/h1-3,6-11,14H,4-5,12-13,15H2,(H,22,23,24). The van der Waals surface area contributed by atoms with Crippen LogP contribution in [0.1, 0.15) is 18.4 Å². The van der Waals surface area contributed by atoms with Gasteiger partial charge in [-0.2, -0.15) is 10.1 Å². The molecule has 0 unspecified atom stereocenters. The van der Waals surface area contributed by atoms with Gasteiger partial charge in [-0.05, 0) is 42.7 Å². The Balaban J connectivity index is 1.37. The van der Waals surface area contributed by atoms with E-state index in [-0.39, 0.29) is 0 Å². The Morgan fingerprint density at radius 1 is 0.962 bits per heavy atom. The maximum Gasteiger partial charge on any atom is 0.249 e. The third-order valence-electron chi connectivity index (χ3n) is 4.33. The van der Waals surface area contributed by atoms with Crippen LogP contribution < -0.4 is 15.0 Å². The van der Waals surface area contributed by atoms with Gasteiger partial charge >= 0.3 is 0 Å². The van der Waals surface area contributed by atoms with Crippen molar-refractivity contribution in [2.24, 2.45) is 0 Å². The minimum absolute atomic E-state index is 0.507. The molecule has 3 aromatic rings. The Bertz CT molecular complexity index is 832. The van der Waals surface area contributed by atoms with Crippen LogP contribution in [0.25, 0.3) is 0 Å². The summed E-state index contributed by atoms with van der Waals surface area (Å²) in [7, 11) is 0. The molecule has 2 heterocycles. The van der Waals surface area contributed by atoms with Crippen molar-refractivity contribution in [1.82, 2.24) is 15.2 Å². The summed E-state index contributed by atoms with van der Waals surface area (Å²) >= 11 is 0. The van der Waals surface area contributed by atoms with Crippen molar-refractivity contribution in [3.05, 3.63) is 66.4 Å². The van der Waals surface area contributed by atoms with E-state index in [9.17, 15) is 0 Å². The van der Waals surface area contributed by atoms with Gasteiger partial charge < -0.3 is 15.0 Å². The van der Waals surface area contributed by atoms with E-state index in [2.05, 4.69) is 25.4 Å². The van der Waals surface area contributed by atoms with E-state index in [1.165, 1.54) is 12.8 Å². The van der Waals surface area contributed by atoms with Crippen molar-refractivity contribution in [1.29, 1.82) is 0 Å². The lowest BCUT2D eigenvalue weighted by Gasteiger charge is -2.16. The maximum absolute atomic E-state index is 5.81. The second-order valence-electron chi connectivity index (χ2n) is 6.26. The number of anilines is 3. The summed E-state index contributed by atoms with van der Waals surface area (Å²) in [5.74, 6) is 2.21. The van der Waals surface area contributed by atoms with Crippen LogP contribution in [0.2, 0.25) is 0 Å². The summed E-state index contributed by atoms with van der Waals surface area (Å²) in [4.78, 5) is 6.79. The first-order valence-corrected chi connectivity index (χ1v) is 8.85. The monoisotopic (exact) mass is 347 g/mol. The minimum Gasteiger partial charge on any atom is -0.489 e. The van der Waals surface area contributed by atoms with E-state index < -0.39 is 0 Å². The zero-order chi connectivity index (χ0) is 17.6. The predicted molar refractivity (Wildman–Crippen MR) is 102 cm³/mol. The molecule has 2 aromatic carbocycles. The Morgan fingerprint density at radius 2 is 1.73 bits per heavy atom. The molecule has 0 radical (unpaired) electrons. The highest BCUT2D eigenvalue weighted by Crippen LogP contribution is 2.21. The van der Waals surface area contributed by atoms with Gasteiger partial charge in [0.2, 0.25) is 5.95 Å². The van der Waals surface area contributed by atoms with E-state index in [1.54, 1.807) is 6.20 Å². The molecule has 1 saturated heterocycles. The third kappa shape index (κ3) is 4.08. The molecule has 6 heteroatoms. The van der Waals surface area contributed by atoms with Gasteiger partial charge in [0.1, 0.15) is 12.4 Å². The molecule has 0 amide bonds. The second-order valence-corrected chi connectivity index (χ2v) is 6.26. The topological polar surface area (TPSA) is 63.2 Å². The van der Waals surface area contributed by atoms with Crippen LogP contribution in [-0.2, 0) is 6.61 Å². The Hall–Kier alpha value is -3.15. The number of nitrogens with zero attached hydrogens (tertiary/aromatic N) is 4. The molecular formula is C20H21N5O. The number of ether oxygens (including phenoxy) is 1. The number of nitrogens with one attached hydrogen (secondary N) is 1. The molecule has 132 valence electrons. The van der Waals surface area contributed by atoms with Crippen LogP contribution in [0.4, 0.5) is 17.5 Å². The molecule has 1 aliphatic rings. The van der Waals surface area contributed by atoms with Gasteiger partial charge in [-0.25, -0.2) is 0 Å². The lowest BCUT2D eigenvalue weighted by atomic mass is 10.2. The van der Waals surface area contributed by atoms with Gasteiger partial charge in [-0.15, -0.1) is 5.10 Å². The van der Waals surface area contributed by atoms with E-state index in [0.29, 0.717) is 12.6 Å². The van der Waals surface area contributed by atoms with Gasteiger partial charge in [0.15, 0.2) is 5.82 Å². The van der Waals surface area contributed by atoms with E-state index >= 15 is 0 Å². The first kappa shape index (κ1) is 16.3. The molecule has 0 spiro atoms. The summed E-state index contributed by atoms with van der Waals surface area (Å²) < 4.78 is 5.81. The van der Waals surface area contributed by atoms with Gasteiger partial charge in [-0.3, -0.25) is 0 Å². The van der Waals surface area contributed by atoms with Crippen LogP contribution in [0, 0.1) is 0 Å². The van der Waals surface area contributed by atoms with Crippen LogP contribution in [-0.4, -0.2) is 28.3 Å². The zero-order valence-corrected chi connectivity index (χ0v) is 14.5. The summed E-state index contributed by atoms with van der Waals surface area (Å²) in [6.07, 6.45) is 4.13. The molecule has 1 fully saturated rings. The molecule has 26 heavy (non-hydrogen) atoms. The molecule has 1 aromatic heterocycles. The van der Waals surface area contributed by atoms with Crippen LogP contribution in [0.15, 0.2) is 60.8 Å². The SMILES string of the molecule is c1ccc(COc2ccc(Nc3nncc(N4CCCC4)n3)cc2)cc1. The largest absolute Gasteiger partial charge is 0.489 e. The quantitative estimate of drug-likeness (QED) is 0.732. The average molecular weight is 347 g/mol. The molecule has 0 aliphatic carbocycles. The fraction of sp³-hybridized carbons (Fsp3) is 0.250. The smallest absolute Gasteiger partial charge is 0.249 e. The van der Waals surface area contributed by atoms with Crippen molar-refractivity contribution in [2.75, 3.05) is 23.3 Å². The van der Waals surface area contributed by atoms with E-state index in [1.807, 2.05) is 54.6 Å². The summed E-state index contributed by atoms with van der Waals surface area (Å²) in [6.45, 7) is 2.62. The highest BCUT2D eigenvalue weighted by Gasteiger charge is 2.14. The van der Waals surface area contributed by atoms with Crippen molar-refractivity contribution in [2.45, 2.75) is 19.4 Å². The first-order valence-electron chi connectivity index (χ1n) is 8.85. The molecule has 0 saturated carbocycles. The highest BCUT2D eigenvalue weighted by molar-refractivity contribution is 5.55. The first-order chi connectivity index (χ1) is 12.9. The lowest BCUT2D eigenvalue weighted by molar-refractivity contribution is 0.306. The number of hydrogen-bond donors (Lipinski definition) is 1. The fourth-order valence-corrected chi connectivity index (χ4v) is 2.95. The van der Waals surface area contributed by atoms with Crippen molar-refractivity contribution in [3.8, 4) is 5.75 Å². The summed E-state index contributed by atoms with van der Waals surface area (Å²) in [6, 6.07) is 17.9. The van der Waals surface area contributed by atoms with Crippen molar-refractivity contribution in [3.63, 3.8) is 0 Å². The molecule has 4 rings (SSSR count). The average Bonchev–Trinajstić information content (AvgIpc) is 3.23. The zero-order valence-electron chi connectivity index (χ0n) is 14.5. The summed E-state index contributed by atoms with van der Waals surface area (Å²) in [5, 5.41) is 11.3. The minimum atomic E-state index is 0.507. The van der Waals surface area contributed by atoms with Gasteiger partial charge in [0, 0.05) is 18.8 Å². The molecule has 6 nitrogen and oxygen atoms in total. The number of hydrogen-bond acceptors (Lipinski definition) is 6. The van der Waals surface area contributed by atoms with Crippen molar-refractivity contribution < 1.29 is 4.74 Å². The normalized spacial score (nSPS) is 13.6. The predicted octanol–water partition coefficient (Wildman–Crippen LogP) is 3.79. The Kier molecular flexibility index (Phi) is 4.91.